The smallest absolute Gasteiger partial charge is 0.274 e. The number of ether oxygens (including phenoxy) is 1. The van der Waals surface area contributed by atoms with Gasteiger partial charge in [-0.15, -0.1) is 5.10 Å². The first-order valence-corrected chi connectivity index (χ1v) is 8.51. The Kier molecular flexibility index (Phi) is 5.53. The van der Waals surface area contributed by atoms with Crippen molar-refractivity contribution in [3.05, 3.63) is 76.1 Å². The quantitative estimate of drug-likeness (QED) is 0.723. The number of carbonyl (C=O) groups is 1. The minimum Gasteiger partial charge on any atom is -0.496 e. The Morgan fingerprint density at radius 2 is 1.85 bits per heavy atom. The van der Waals surface area contributed by atoms with Gasteiger partial charge in [-0.1, -0.05) is 53.2 Å². The second-order valence-electron chi connectivity index (χ2n) is 5.77. The van der Waals surface area contributed by atoms with Crippen LogP contribution in [0.1, 0.15) is 27.3 Å². The summed E-state index contributed by atoms with van der Waals surface area (Å²) in [6.45, 7) is 2.62. The summed E-state index contributed by atoms with van der Waals surface area (Å²) in [5.74, 6) is 0.450. The van der Waals surface area contributed by atoms with Crippen LogP contribution >= 0.6 is 11.6 Å². The number of aromatic nitrogens is 3. The van der Waals surface area contributed by atoms with E-state index < -0.39 is 0 Å². The molecule has 1 aromatic heterocycles. The highest BCUT2D eigenvalue weighted by atomic mass is 35.5. The SMILES string of the molecule is COc1ccccc1CNC(=O)c1nnn(Cc2ccccc2Cl)c1C. The van der Waals surface area contributed by atoms with Gasteiger partial charge in [0.25, 0.3) is 5.91 Å². The number of halogens is 1. The van der Waals surface area contributed by atoms with Gasteiger partial charge in [0.2, 0.25) is 0 Å². The Hall–Kier alpha value is -2.86. The number of nitrogens with one attached hydrogen (secondary N) is 1. The summed E-state index contributed by atoms with van der Waals surface area (Å²) in [5, 5.41) is 11.6. The molecular formula is C19H19ClN4O2. The molecule has 134 valence electrons. The lowest BCUT2D eigenvalue weighted by Gasteiger charge is -2.09. The monoisotopic (exact) mass is 370 g/mol. The van der Waals surface area contributed by atoms with E-state index in [9.17, 15) is 4.79 Å². The first-order chi connectivity index (χ1) is 12.6. The highest BCUT2D eigenvalue weighted by Gasteiger charge is 2.17. The van der Waals surface area contributed by atoms with Crippen LogP contribution in [0.3, 0.4) is 0 Å². The van der Waals surface area contributed by atoms with Crippen LogP contribution in [-0.2, 0) is 13.1 Å². The zero-order chi connectivity index (χ0) is 18.5. The van der Waals surface area contributed by atoms with Crippen LogP contribution in [-0.4, -0.2) is 28.0 Å². The second-order valence-corrected chi connectivity index (χ2v) is 6.17. The Morgan fingerprint density at radius 1 is 1.15 bits per heavy atom. The Bertz CT molecular complexity index is 923. The highest BCUT2D eigenvalue weighted by Crippen LogP contribution is 2.18. The van der Waals surface area contributed by atoms with Crippen LogP contribution in [0, 0.1) is 6.92 Å². The summed E-state index contributed by atoms with van der Waals surface area (Å²) < 4.78 is 6.96. The minimum absolute atomic E-state index is 0.279. The molecule has 7 heteroatoms. The number of amides is 1. The van der Waals surface area contributed by atoms with Gasteiger partial charge in [-0.3, -0.25) is 4.79 Å². The van der Waals surface area contributed by atoms with Crippen molar-refractivity contribution < 1.29 is 9.53 Å². The fourth-order valence-corrected chi connectivity index (χ4v) is 2.81. The largest absolute Gasteiger partial charge is 0.496 e. The number of nitrogens with zero attached hydrogens (tertiary/aromatic N) is 3. The molecule has 3 rings (SSSR count). The number of para-hydroxylation sites is 1. The van der Waals surface area contributed by atoms with Crippen molar-refractivity contribution in [3.63, 3.8) is 0 Å². The Morgan fingerprint density at radius 3 is 2.58 bits per heavy atom. The summed E-state index contributed by atoms with van der Waals surface area (Å²) in [5.41, 5.74) is 2.79. The summed E-state index contributed by atoms with van der Waals surface area (Å²) in [6.07, 6.45) is 0. The highest BCUT2D eigenvalue weighted by molar-refractivity contribution is 6.31. The normalized spacial score (nSPS) is 10.6. The third-order valence-corrected chi connectivity index (χ3v) is 4.48. The zero-order valence-corrected chi connectivity index (χ0v) is 15.3. The molecule has 0 bridgehead atoms. The fourth-order valence-electron chi connectivity index (χ4n) is 2.62. The molecule has 0 fully saturated rings. The number of methoxy groups -OCH3 is 1. The van der Waals surface area contributed by atoms with Crippen LogP contribution in [0.5, 0.6) is 5.75 Å². The van der Waals surface area contributed by atoms with E-state index in [0.29, 0.717) is 29.5 Å². The molecule has 0 aliphatic heterocycles. The molecule has 1 heterocycles. The minimum atomic E-state index is -0.279. The van der Waals surface area contributed by atoms with E-state index in [4.69, 9.17) is 16.3 Å². The topological polar surface area (TPSA) is 69.0 Å². The molecule has 0 unspecified atom stereocenters. The number of carbonyl (C=O) groups excluding carboxylic acids is 1. The van der Waals surface area contributed by atoms with Gasteiger partial charge in [0.05, 0.1) is 19.3 Å². The maximum absolute atomic E-state index is 12.5. The third-order valence-electron chi connectivity index (χ3n) is 4.11. The van der Waals surface area contributed by atoms with E-state index in [0.717, 1.165) is 16.9 Å². The predicted molar refractivity (Wildman–Crippen MR) is 99.5 cm³/mol. The summed E-state index contributed by atoms with van der Waals surface area (Å²) >= 11 is 6.19. The van der Waals surface area contributed by atoms with E-state index in [-0.39, 0.29) is 5.91 Å². The molecule has 0 radical (unpaired) electrons. The number of benzene rings is 2. The second kappa shape index (κ2) is 8.01. The predicted octanol–water partition coefficient (Wildman–Crippen LogP) is 3.23. The summed E-state index contributed by atoms with van der Waals surface area (Å²) in [4.78, 5) is 12.5. The average molecular weight is 371 g/mol. The number of hydrogen-bond donors (Lipinski definition) is 1. The lowest BCUT2D eigenvalue weighted by Crippen LogP contribution is -2.24. The van der Waals surface area contributed by atoms with Gasteiger partial charge in [-0.05, 0) is 24.6 Å². The van der Waals surface area contributed by atoms with Gasteiger partial charge in [0.1, 0.15) is 5.75 Å². The molecule has 6 nitrogen and oxygen atoms in total. The van der Waals surface area contributed by atoms with Crippen LogP contribution in [0.25, 0.3) is 0 Å². The molecule has 0 aliphatic carbocycles. The van der Waals surface area contributed by atoms with Crippen LogP contribution < -0.4 is 10.1 Å². The average Bonchev–Trinajstić information content (AvgIpc) is 3.02. The first kappa shape index (κ1) is 17.9. The Balaban J connectivity index is 1.71. The van der Waals surface area contributed by atoms with E-state index in [1.54, 1.807) is 11.8 Å². The van der Waals surface area contributed by atoms with Crippen molar-refractivity contribution in [2.24, 2.45) is 0 Å². The molecular weight excluding hydrogens is 352 g/mol. The van der Waals surface area contributed by atoms with Crippen molar-refractivity contribution in [1.29, 1.82) is 0 Å². The van der Waals surface area contributed by atoms with Crippen LogP contribution in [0.15, 0.2) is 48.5 Å². The zero-order valence-electron chi connectivity index (χ0n) is 14.6. The van der Waals surface area contributed by atoms with Crippen molar-refractivity contribution in [2.45, 2.75) is 20.0 Å². The van der Waals surface area contributed by atoms with E-state index in [1.807, 2.05) is 55.5 Å². The van der Waals surface area contributed by atoms with E-state index in [1.165, 1.54) is 0 Å². The molecule has 1 N–H and O–H groups in total. The van der Waals surface area contributed by atoms with Crippen LogP contribution in [0.4, 0.5) is 0 Å². The van der Waals surface area contributed by atoms with E-state index in [2.05, 4.69) is 15.6 Å². The molecule has 0 saturated heterocycles. The molecule has 1 amide bonds. The number of hydrogen-bond acceptors (Lipinski definition) is 4. The van der Waals surface area contributed by atoms with Gasteiger partial charge in [0, 0.05) is 17.1 Å². The molecule has 2 aromatic carbocycles. The lowest BCUT2D eigenvalue weighted by molar-refractivity contribution is 0.0945. The van der Waals surface area contributed by atoms with Gasteiger partial charge in [-0.25, -0.2) is 4.68 Å². The van der Waals surface area contributed by atoms with E-state index >= 15 is 0 Å². The maximum Gasteiger partial charge on any atom is 0.274 e. The fraction of sp³-hybridized carbons (Fsp3) is 0.211. The van der Waals surface area contributed by atoms with Gasteiger partial charge < -0.3 is 10.1 Å². The molecule has 0 saturated carbocycles. The van der Waals surface area contributed by atoms with Crippen molar-refractivity contribution in [3.8, 4) is 5.75 Å². The van der Waals surface area contributed by atoms with Gasteiger partial charge in [-0.2, -0.15) is 0 Å². The molecule has 0 aliphatic rings. The van der Waals surface area contributed by atoms with Crippen molar-refractivity contribution in [2.75, 3.05) is 7.11 Å². The first-order valence-electron chi connectivity index (χ1n) is 8.13. The summed E-state index contributed by atoms with van der Waals surface area (Å²) in [7, 11) is 1.60. The van der Waals surface area contributed by atoms with Crippen LogP contribution in [0.2, 0.25) is 5.02 Å². The number of rotatable bonds is 6. The molecule has 0 spiro atoms. The summed E-state index contributed by atoms with van der Waals surface area (Å²) in [6, 6.07) is 15.1. The lowest BCUT2D eigenvalue weighted by atomic mass is 10.2. The van der Waals surface area contributed by atoms with Crippen molar-refractivity contribution >= 4 is 17.5 Å². The van der Waals surface area contributed by atoms with Crippen molar-refractivity contribution in [1.82, 2.24) is 20.3 Å². The molecule has 0 atom stereocenters. The molecule has 26 heavy (non-hydrogen) atoms. The Labute approximate surface area is 156 Å². The third kappa shape index (κ3) is 3.86. The van der Waals surface area contributed by atoms with Gasteiger partial charge in [0.15, 0.2) is 5.69 Å². The molecule has 3 aromatic rings. The van der Waals surface area contributed by atoms with Gasteiger partial charge >= 0.3 is 0 Å². The maximum atomic E-state index is 12.5. The standard InChI is InChI=1S/C19H19ClN4O2/c1-13-18(19(25)21-11-14-7-4-6-10-17(14)26-2)22-23-24(13)12-15-8-3-5-9-16(15)20/h3-10H,11-12H2,1-2H3,(H,21,25).